The average Bonchev–Trinajstić information content (AvgIpc) is 2.72. The summed E-state index contributed by atoms with van der Waals surface area (Å²) in [6, 6.07) is 7.39. The van der Waals surface area contributed by atoms with E-state index >= 15 is 0 Å². The topological polar surface area (TPSA) is 75.8 Å². The number of nitrogens with two attached hydrogens (primary N) is 1. The van der Waals surface area contributed by atoms with Gasteiger partial charge in [0.15, 0.2) is 5.60 Å². The molecule has 0 saturated carbocycles. The lowest BCUT2D eigenvalue weighted by atomic mass is 10.0. The molecule has 1 unspecified atom stereocenters. The fourth-order valence-corrected chi connectivity index (χ4v) is 2.13. The van der Waals surface area contributed by atoms with E-state index in [1.165, 1.54) is 7.11 Å². The van der Waals surface area contributed by atoms with Crippen LogP contribution in [0, 0.1) is 0 Å². The molecule has 5 nitrogen and oxygen atoms in total. The van der Waals surface area contributed by atoms with E-state index in [-0.39, 0.29) is 6.54 Å². The first-order valence-corrected chi connectivity index (χ1v) is 5.47. The zero-order valence-corrected chi connectivity index (χ0v) is 9.72. The number of β-amino-alcohol motifs (C(OH)–C–C–N with tert-alkyl or cyclic N) is 1. The number of rotatable bonds is 2. The van der Waals surface area contributed by atoms with Crippen LogP contribution in [-0.4, -0.2) is 36.9 Å². The molecule has 1 saturated heterocycles. The van der Waals surface area contributed by atoms with Crippen LogP contribution < -0.4 is 10.6 Å². The van der Waals surface area contributed by atoms with Crippen LogP contribution in [0.25, 0.3) is 0 Å². The van der Waals surface area contributed by atoms with E-state index in [1.807, 2.05) is 23.1 Å². The molecule has 1 aliphatic heterocycles. The summed E-state index contributed by atoms with van der Waals surface area (Å²) in [7, 11) is 1.28. The molecule has 1 heterocycles. The van der Waals surface area contributed by atoms with Crippen molar-refractivity contribution in [3.63, 3.8) is 0 Å². The van der Waals surface area contributed by atoms with Crippen molar-refractivity contribution < 1.29 is 14.6 Å². The lowest BCUT2D eigenvalue weighted by Crippen LogP contribution is -2.42. The lowest BCUT2D eigenvalue weighted by molar-refractivity contribution is -0.159. The summed E-state index contributed by atoms with van der Waals surface area (Å²) in [5.74, 6) is -0.588. The largest absolute Gasteiger partial charge is 0.467 e. The van der Waals surface area contributed by atoms with Gasteiger partial charge in [0.2, 0.25) is 0 Å². The number of carbonyl (C=O) groups is 1. The van der Waals surface area contributed by atoms with Gasteiger partial charge in [-0.15, -0.1) is 0 Å². The van der Waals surface area contributed by atoms with E-state index in [0.29, 0.717) is 18.7 Å². The van der Waals surface area contributed by atoms with Crippen LogP contribution in [0.2, 0.25) is 0 Å². The van der Waals surface area contributed by atoms with Gasteiger partial charge in [0, 0.05) is 13.0 Å². The van der Waals surface area contributed by atoms with Crippen molar-refractivity contribution in [3.8, 4) is 0 Å². The fraction of sp³-hybridized carbons (Fsp3) is 0.417. The van der Waals surface area contributed by atoms with Crippen molar-refractivity contribution in [2.45, 2.75) is 12.0 Å². The molecule has 1 aliphatic rings. The van der Waals surface area contributed by atoms with Crippen molar-refractivity contribution >= 4 is 17.3 Å². The summed E-state index contributed by atoms with van der Waals surface area (Å²) in [6.07, 6.45) is 0.355. The number of aliphatic hydroxyl groups is 1. The molecule has 0 amide bonds. The first kappa shape index (κ1) is 11.7. The second kappa shape index (κ2) is 4.25. The second-order valence-corrected chi connectivity index (χ2v) is 4.25. The average molecular weight is 236 g/mol. The summed E-state index contributed by atoms with van der Waals surface area (Å²) >= 11 is 0. The van der Waals surface area contributed by atoms with Crippen LogP contribution in [0.15, 0.2) is 24.3 Å². The summed E-state index contributed by atoms with van der Waals surface area (Å²) in [5, 5.41) is 10.1. The number of hydrogen-bond acceptors (Lipinski definition) is 5. The summed E-state index contributed by atoms with van der Waals surface area (Å²) in [6.45, 7) is 0.799. The molecule has 0 aliphatic carbocycles. The third kappa shape index (κ3) is 2.06. The first-order valence-electron chi connectivity index (χ1n) is 5.47. The Morgan fingerprint density at radius 1 is 1.53 bits per heavy atom. The molecule has 1 aromatic carbocycles. The number of benzene rings is 1. The van der Waals surface area contributed by atoms with Gasteiger partial charge in [0.05, 0.1) is 25.0 Å². The Kier molecular flexibility index (Phi) is 2.93. The third-order valence-corrected chi connectivity index (χ3v) is 3.09. The van der Waals surface area contributed by atoms with E-state index in [4.69, 9.17) is 5.73 Å². The molecule has 0 bridgehead atoms. The van der Waals surface area contributed by atoms with Crippen molar-refractivity contribution in [2.75, 3.05) is 30.8 Å². The Hall–Kier alpha value is -1.75. The minimum absolute atomic E-state index is 0.216. The molecular weight excluding hydrogens is 220 g/mol. The SMILES string of the molecule is COC(=O)C1(O)CCN(c2ccccc2N)C1. The maximum Gasteiger partial charge on any atom is 0.339 e. The molecule has 0 spiro atoms. The normalized spacial score (nSPS) is 23.8. The minimum atomic E-state index is -1.42. The Balaban J connectivity index is 2.18. The highest BCUT2D eigenvalue weighted by molar-refractivity contribution is 5.82. The highest BCUT2D eigenvalue weighted by Crippen LogP contribution is 2.31. The van der Waals surface area contributed by atoms with Gasteiger partial charge in [-0.1, -0.05) is 12.1 Å². The van der Waals surface area contributed by atoms with Crippen molar-refractivity contribution in [3.05, 3.63) is 24.3 Å². The van der Waals surface area contributed by atoms with E-state index in [9.17, 15) is 9.90 Å². The number of carbonyl (C=O) groups excluding carboxylic acids is 1. The van der Waals surface area contributed by atoms with Crippen LogP contribution in [0.3, 0.4) is 0 Å². The molecule has 1 atom stereocenters. The van der Waals surface area contributed by atoms with Crippen LogP contribution in [0.4, 0.5) is 11.4 Å². The zero-order chi connectivity index (χ0) is 12.5. The zero-order valence-electron chi connectivity index (χ0n) is 9.72. The quantitative estimate of drug-likeness (QED) is 0.573. The van der Waals surface area contributed by atoms with Gasteiger partial charge in [-0.25, -0.2) is 4.79 Å². The van der Waals surface area contributed by atoms with Gasteiger partial charge in [0.1, 0.15) is 0 Å². The van der Waals surface area contributed by atoms with Crippen molar-refractivity contribution in [1.82, 2.24) is 0 Å². The number of nitrogen functional groups attached to an aromatic ring is 1. The highest BCUT2D eigenvalue weighted by atomic mass is 16.5. The van der Waals surface area contributed by atoms with Gasteiger partial charge in [-0.3, -0.25) is 0 Å². The van der Waals surface area contributed by atoms with Gasteiger partial charge < -0.3 is 20.5 Å². The molecule has 5 heteroatoms. The van der Waals surface area contributed by atoms with Gasteiger partial charge in [-0.05, 0) is 12.1 Å². The first-order chi connectivity index (χ1) is 8.07. The Morgan fingerprint density at radius 2 is 2.24 bits per heavy atom. The maximum atomic E-state index is 11.5. The molecule has 0 radical (unpaired) electrons. The van der Waals surface area contributed by atoms with Crippen LogP contribution >= 0.6 is 0 Å². The van der Waals surface area contributed by atoms with E-state index in [1.54, 1.807) is 6.07 Å². The van der Waals surface area contributed by atoms with Crippen LogP contribution in [0.1, 0.15) is 6.42 Å². The Bertz CT molecular complexity index is 436. The highest BCUT2D eigenvalue weighted by Gasteiger charge is 2.44. The number of anilines is 2. The molecule has 1 fully saturated rings. The molecule has 3 N–H and O–H groups in total. The number of hydrogen-bond donors (Lipinski definition) is 2. The number of esters is 1. The maximum absolute atomic E-state index is 11.5. The van der Waals surface area contributed by atoms with E-state index < -0.39 is 11.6 Å². The minimum Gasteiger partial charge on any atom is -0.467 e. The van der Waals surface area contributed by atoms with Gasteiger partial charge in [0.25, 0.3) is 0 Å². The van der Waals surface area contributed by atoms with Crippen molar-refractivity contribution in [1.29, 1.82) is 0 Å². The molecular formula is C12H16N2O3. The number of nitrogens with zero attached hydrogens (tertiary/aromatic N) is 1. The summed E-state index contributed by atoms with van der Waals surface area (Å²) in [4.78, 5) is 13.4. The number of ether oxygens (including phenoxy) is 1. The monoisotopic (exact) mass is 236 g/mol. The van der Waals surface area contributed by atoms with E-state index in [0.717, 1.165) is 5.69 Å². The van der Waals surface area contributed by atoms with Crippen LogP contribution in [-0.2, 0) is 9.53 Å². The van der Waals surface area contributed by atoms with Gasteiger partial charge >= 0.3 is 5.97 Å². The molecule has 0 aromatic heterocycles. The van der Waals surface area contributed by atoms with Gasteiger partial charge in [-0.2, -0.15) is 0 Å². The van der Waals surface area contributed by atoms with Crippen molar-refractivity contribution in [2.24, 2.45) is 0 Å². The smallest absolute Gasteiger partial charge is 0.339 e. The Morgan fingerprint density at radius 3 is 2.88 bits per heavy atom. The summed E-state index contributed by atoms with van der Waals surface area (Å²) in [5.41, 5.74) is 5.92. The predicted molar refractivity (Wildman–Crippen MR) is 64.7 cm³/mol. The van der Waals surface area contributed by atoms with Crippen LogP contribution in [0.5, 0.6) is 0 Å². The van der Waals surface area contributed by atoms with E-state index in [2.05, 4.69) is 4.74 Å². The lowest BCUT2D eigenvalue weighted by Gasteiger charge is -2.23. The molecule has 2 rings (SSSR count). The predicted octanol–water partition coefficient (Wildman–Crippen LogP) is 0.383. The molecule has 92 valence electrons. The summed E-state index contributed by atoms with van der Waals surface area (Å²) < 4.78 is 4.60. The fourth-order valence-electron chi connectivity index (χ4n) is 2.13. The third-order valence-electron chi connectivity index (χ3n) is 3.09. The molecule has 1 aromatic rings. The standard InChI is InChI=1S/C12H16N2O3/c1-17-11(15)12(16)6-7-14(8-12)10-5-3-2-4-9(10)13/h2-5,16H,6-8,13H2,1H3. The second-order valence-electron chi connectivity index (χ2n) is 4.25. The number of methoxy groups -OCH3 is 1. The number of para-hydroxylation sites is 2. The Labute approximate surface area is 99.8 Å². The molecule has 17 heavy (non-hydrogen) atoms.